The number of aliphatic hydroxyl groups is 6. The summed E-state index contributed by atoms with van der Waals surface area (Å²) in [4.78, 5) is 52.8. The number of nitrogens with zero attached hydrogens (tertiary/aromatic N) is 1. The van der Waals surface area contributed by atoms with Gasteiger partial charge in [0.05, 0.1) is 37.3 Å². The van der Waals surface area contributed by atoms with Gasteiger partial charge in [0.25, 0.3) is 0 Å². The van der Waals surface area contributed by atoms with E-state index < -0.39 is 85.1 Å². The van der Waals surface area contributed by atoms with Crippen LogP contribution in [-0.4, -0.2) is 167 Å². The van der Waals surface area contributed by atoms with Gasteiger partial charge in [0.1, 0.15) is 36.6 Å². The number of hydrogen-bond acceptors (Lipinski definition) is 14. The number of piperidine rings is 1. The van der Waals surface area contributed by atoms with Crippen molar-refractivity contribution in [2.24, 2.45) is 11.8 Å². The molecule has 3 aliphatic heterocycles. The Morgan fingerprint density at radius 2 is 1.12 bits per heavy atom. The van der Waals surface area contributed by atoms with Crippen LogP contribution in [0, 0.1) is 11.8 Å². The first-order valence-electron chi connectivity index (χ1n) is 17.0. The van der Waals surface area contributed by atoms with E-state index in [0.29, 0.717) is 19.4 Å². The molecule has 12 atom stereocenters. The Morgan fingerprint density at radius 3 is 1.57 bits per heavy atom. The molecule has 3 rings (SSSR count). The number of amides is 4. The number of aliphatic hydroxyl groups excluding tert-OH is 6. The second-order valence-electron chi connectivity index (χ2n) is 12.8. The lowest BCUT2D eigenvalue weighted by Gasteiger charge is -2.39. The minimum absolute atomic E-state index is 0.00362. The molecular formula is C31H54N4O14. The summed E-state index contributed by atoms with van der Waals surface area (Å²) in [5.74, 6) is -2.69. The molecule has 0 aromatic rings. The van der Waals surface area contributed by atoms with Crippen LogP contribution in [0.1, 0.15) is 52.9 Å². The van der Waals surface area contributed by atoms with Crippen molar-refractivity contribution in [3.05, 3.63) is 0 Å². The van der Waals surface area contributed by atoms with Gasteiger partial charge in [-0.2, -0.15) is 0 Å². The lowest BCUT2D eigenvalue weighted by molar-refractivity contribution is -0.292. The van der Waals surface area contributed by atoms with Gasteiger partial charge in [-0.15, -0.1) is 0 Å². The molecule has 282 valence electrons. The van der Waals surface area contributed by atoms with Crippen molar-refractivity contribution < 1.29 is 68.8 Å². The smallest absolute Gasteiger partial charge is 0.225 e. The summed E-state index contributed by atoms with van der Waals surface area (Å²) < 4.78 is 21.7. The maximum Gasteiger partial charge on any atom is 0.225 e. The third kappa shape index (κ3) is 11.8. The maximum absolute atomic E-state index is 13.2. The Bertz CT molecular complexity index is 1020. The van der Waals surface area contributed by atoms with Crippen LogP contribution in [0.15, 0.2) is 0 Å². The summed E-state index contributed by atoms with van der Waals surface area (Å²) in [6.45, 7) is 5.32. The lowest BCUT2D eigenvalue weighted by Crippen LogP contribution is -2.57. The van der Waals surface area contributed by atoms with Crippen molar-refractivity contribution in [1.82, 2.24) is 20.9 Å². The number of nitrogens with one attached hydrogen (secondary N) is 3. The summed E-state index contributed by atoms with van der Waals surface area (Å²) in [7, 11) is 0. The minimum atomic E-state index is -1.49. The highest BCUT2D eigenvalue weighted by molar-refractivity contribution is 5.85. The van der Waals surface area contributed by atoms with Crippen LogP contribution >= 0.6 is 0 Å². The summed E-state index contributed by atoms with van der Waals surface area (Å²) in [5.41, 5.74) is 0. The van der Waals surface area contributed by atoms with Crippen LogP contribution in [0.2, 0.25) is 0 Å². The van der Waals surface area contributed by atoms with Crippen LogP contribution in [0.5, 0.6) is 0 Å². The van der Waals surface area contributed by atoms with Crippen molar-refractivity contribution in [2.75, 3.05) is 45.9 Å². The maximum atomic E-state index is 13.2. The monoisotopic (exact) mass is 706 g/mol. The predicted molar refractivity (Wildman–Crippen MR) is 168 cm³/mol. The quantitative estimate of drug-likeness (QED) is 0.0695. The molecule has 9 N–H and O–H groups in total. The van der Waals surface area contributed by atoms with Gasteiger partial charge in [-0.3, -0.25) is 19.2 Å². The molecule has 18 nitrogen and oxygen atoms in total. The van der Waals surface area contributed by atoms with Crippen molar-refractivity contribution in [3.63, 3.8) is 0 Å². The molecule has 0 bridgehead atoms. The van der Waals surface area contributed by atoms with Crippen LogP contribution in [-0.2, 0) is 38.1 Å². The number of rotatable bonds is 16. The zero-order valence-electron chi connectivity index (χ0n) is 28.3. The molecule has 0 aromatic heterocycles. The Kier molecular flexibility index (Phi) is 16.5. The Morgan fingerprint density at radius 1 is 0.673 bits per heavy atom. The van der Waals surface area contributed by atoms with Gasteiger partial charge in [-0.05, 0) is 40.0 Å². The van der Waals surface area contributed by atoms with Crippen molar-refractivity contribution in [3.8, 4) is 0 Å². The molecule has 0 spiro atoms. The molecule has 3 saturated heterocycles. The zero-order chi connectivity index (χ0) is 36.2. The number of unbranched alkanes of at least 4 members (excludes halogenated alkanes) is 1. The van der Waals surface area contributed by atoms with E-state index in [2.05, 4.69) is 16.0 Å². The SMILES string of the molecule is CCNC(=O)CCCCC(=O)N1C[C@H](C(=O)NCCO[C@@H]2O[C@@H](C)[C@@H](O)[C@@H](O)[C@@H]2O)C[C@H](C(=O)NCCO[C@@H]2O[C@@H](C)[C@@H](O)[C@@H](O)[C@@H]2O)C1. The average molecular weight is 707 g/mol. The highest BCUT2D eigenvalue weighted by Crippen LogP contribution is 2.25. The molecule has 18 heteroatoms. The molecule has 4 amide bonds. The molecule has 0 saturated carbocycles. The van der Waals surface area contributed by atoms with Gasteiger partial charge >= 0.3 is 0 Å². The second-order valence-corrected chi connectivity index (χ2v) is 12.8. The third-order valence-electron chi connectivity index (χ3n) is 8.95. The van der Waals surface area contributed by atoms with Crippen molar-refractivity contribution >= 4 is 23.6 Å². The predicted octanol–water partition coefficient (Wildman–Crippen LogP) is -3.93. The van der Waals surface area contributed by atoms with Gasteiger partial charge in [-0.25, -0.2) is 0 Å². The summed E-state index contributed by atoms with van der Waals surface area (Å²) in [6, 6.07) is 0. The number of hydrogen-bond donors (Lipinski definition) is 9. The van der Waals surface area contributed by atoms with E-state index in [1.54, 1.807) is 0 Å². The van der Waals surface area contributed by atoms with E-state index in [4.69, 9.17) is 18.9 Å². The van der Waals surface area contributed by atoms with Gasteiger partial charge < -0.3 is 70.4 Å². The standard InChI is InChI=1S/C31H54N4O14/c1-4-32-20(36)7-5-6-8-21(37)35-14-18(28(44)33-9-11-46-30-26(42)24(40)22(38)16(2)48-30)13-19(15-35)29(45)34-10-12-47-31-27(43)25(41)23(39)17(3)49-31/h16-19,22-27,30-31,38-43H,4-15H2,1-3H3,(H,32,36)(H,33,44)(H,34,45)/t16-,17-,18-,19+,22+,23+,24+,25+,26-,27-,30+,31+/m0/s1. The fourth-order valence-corrected chi connectivity index (χ4v) is 5.98. The number of ether oxygens (including phenoxy) is 4. The normalized spacial score (nSPS) is 35.0. The molecule has 3 fully saturated rings. The summed E-state index contributed by atoms with van der Waals surface area (Å²) in [5, 5.41) is 68.0. The molecule has 49 heavy (non-hydrogen) atoms. The number of likely N-dealkylation sites (tertiary alicyclic amines) is 1. The fourth-order valence-electron chi connectivity index (χ4n) is 5.98. The first-order valence-corrected chi connectivity index (χ1v) is 17.0. The highest BCUT2D eigenvalue weighted by atomic mass is 16.7. The zero-order valence-corrected chi connectivity index (χ0v) is 28.3. The van der Waals surface area contributed by atoms with Crippen LogP contribution in [0.3, 0.4) is 0 Å². The molecule has 0 aliphatic carbocycles. The molecule has 3 heterocycles. The van der Waals surface area contributed by atoms with Crippen molar-refractivity contribution in [1.29, 1.82) is 0 Å². The summed E-state index contributed by atoms with van der Waals surface area (Å²) in [6.07, 6.45) is -11.0. The average Bonchev–Trinajstić information content (AvgIpc) is 3.08. The fraction of sp³-hybridized carbons (Fsp3) is 0.871. The Hall–Kier alpha value is -2.52. The third-order valence-corrected chi connectivity index (χ3v) is 8.95. The van der Waals surface area contributed by atoms with E-state index in [0.717, 1.165) is 0 Å². The van der Waals surface area contributed by atoms with E-state index in [1.165, 1.54) is 18.7 Å². The van der Waals surface area contributed by atoms with Gasteiger partial charge in [-0.1, -0.05) is 0 Å². The van der Waals surface area contributed by atoms with Crippen LogP contribution < -0.4 is 16.0 Å². The van der Waals surface area contributed by atoms with E-state index in [1.807, 2.05) is 6.92 Å². The Balaban J connectivity index is 1.53. The topological polar surface area (TPSA) is 266 Å². The van der Waals surface area contributed by atoms with Gasteiger partial charge in [0.15, 0.2) is 12.6 Å². The first-order chi connectivity index (χ1) is 23.2. The van der Waals surface area contributed by atoms with E-state index >= 15 is 0 Å². The Labute approximate surface area is 285 Å². The second kappa shape index (κ2) is 19.8. The largest absolute Gasteiger partial charge is 0.388 e. The first kappa shape index (κ1) is 40.9. The number of carbonyl (C=O) groups is 4. The van der Waals surface area contributed by atoms with Crippen LogP contribution in [0.4, 0.5) is 0 Å². The molecule has 0 radical (unpaired) electrons. The van der Waals surface area contributed by atoms with Gasteiger partial charge in [0, 0.05) is 45.6 Å². The van der Waals surface area contributed by atoms with E-state index in [9.17, 15) is 49.8 Å². The number of carbonyl (C=O) groups excluding carboxylic acids is 4. The van der Waals surface area contributed by atoms with Crippen molar-refractivity contribution in [2.45, 2.75) is 114 Å². The molecular weight excluding hydrogens is 652 g/mol. The molecule has 3 aliphatic rings. The van der Waals surface area contributed by atoms with Gasteiger partial charge in [0.2, 0.25) is 23.6 Å². The molecule has 0 aromatic carbocycles. The minimum Gasteiger partial charge on any atom is -0.388 e. The lowest BCUT2D eigenvalue weighted by atomic mass is 9.87. The van der Waals surface area contributed by atoms with Crippen LogP contribution in [0.25, 0.3) is 0 Å². The summed E-state index contributed by atoms with van der Waals surface area (Å²) >= 11 is 0. The molecule has 0 unspecified atom stereocenters. The van der Waals surface area contributed by atoms with E-state index in [-0.39, 0.29) is 70.5 Å². The highest BCUT2D eigenvalue weighted by Gasteiger charge is 2.43.